The highest BCUT2D eigenvalue weighted by molar-refractivity contribution is 5.86. The number of carbonyl (C=O) groups excluding carboxylic acids is 1. The van der Waals surface area contributed by atoms with E-state index < -0.39 is 0 Å². The number of piperidine rings is 1. The fraction of sp³-hybridized carbons (Fsp3) is 0.611. The first kappa shape index (κ1) is 15.2. The Morgan fingerprint density at radius 1 is 1.25 bits per heavy atom. The van der Waals surface area contributed by atoms with Crippen LogP contribution in [0.25, 0.3) is 0 Å². The minimum Gasteiger partial charge on any atom is -0.316 e. The Balaban J connectivity index is 2.01. The van der Waals surface area contributed by atoms with Crippen LogP contribution in [0.3, 0.4) is 0 Å². The summed E-state index contributed by atoms with van der Waals surface area (Å²) in [6.45, 7) is 8.47. The van der Waals surface area contributed by atoms with Crippen LogP contribution >= 0.6 is 0 Å². The molecule has 2 rings (SSSR count). The predicted octanol–water partition coefficient (Wildman–Crippen LogP) is 3.39. The zero-order valence-electron chi connectivity index (χ0n) is 13.0. The van der Waals surface area contributed by atoms with E-state index in [-0.39, 0.29) is 5.41 Å². The second-order valence-corrected chi connectivity index (χ2v) is 6.53. The standard InChI is InChI=1S/C18H27NO/c1-4-14-7-9-15(10-8-14)12-17(20)18(2,3)16-6-5-11-19-13-16/h7-10,16,19H,4-6,11-13H2,1-3H3. The van der Waals surface area contributed by atoms with Gasteiger partial charge in [-0.15, -0.1) is 0 Å². The van der Waals surface area contributed by atoms with E-state index in [4.69, 9.17) is 0 Å². The summed E-state index contributed by atoms with van der Waals surface area (Å²) in [6, 6.07) is 8.48. The van der Waals surface area contributed by atoms with Crippen LogP contribution in [-0.2, 0) is 17.6 Å². The number of carbonyl (C=O) groups is 1. The molecule has 0 amide bonds. The molecule has 110 valence electrons. The lowest BCUT2D eigenvalue weighted by Crippen LogP contribution is -2.43. The fourth-order valence-electron chi connectivity index (χ4n) is 3.00. The minimum absolute atomic E-state index is 0.225. The molecule has 1 unspecified atom stereocenters. The SMILES string of the molecule is CCc1ccc(CC(=O)C(C)(C)C2CCCNC2)cc1. The maximum Gasteiger partial charge on any atom is 0.143 e. The topological polar surface area (TPSA) is 29.1 Å². The third-order valence-corrected chi connectivity index (χ3v) is 4.83. The van der Waals surface area contributed by atoms with Crippen molar-refractivity contribution >= 4 is 5.78 Å². The van der Waals surface area contributed by atoms with E-state index in [9.17, 15) is 4.79 Å². The second kappa shape index (κ2) is 6.53. The number of aryl methyl sites for hydroxylation is 1. The Kier molecular flexibility index (Phi) is 4.98. The normalized spacial score (nSPS) is 19.9. The molecule has 1 N–H and O–H groups in total. The van der Waals surface area contributed by atoms with Crippen molar-refractivity contribution in [1.29, 1.82) is 0 Å². The van der Waals surface area contributed by atoms with Gasteiger partial charge < -0.3 is 5.32 Å². The Morgan fingerprint density at radius 2 is 1.90 bits per heavy atom. The lowest BCUT2D eigenvalue weighted by Gasteiger charge is -2.36. The van der Waals surface area contributed by atoms with Gasteiger partial charge in [0.1, 0.15) is 5.78 Å². The first-order valence-corrected chi connectivity index (χ1v) is 7.86. The van der Waals surface area contributed by atoms with Gasteiger partial charge in [-0.2, -0.15) is 0 Å². The molecule has 1 aliphatic rings. The summed E-state index contributed by atoms with van der Waals surface area (Å²) in [4.78, 5) is 12.7. The van der Waals surface area contributed by atoms with Crippen molar-refractivity contribution in [2.75, 3.05) is 13.1 Å². The van der Waals surface area contributed by atoms with Crippen LogP contribution in [0.2, 0.25) is 0 Å². The monoisotopic (exact) mass is 273 g/mol. The van der Waals surface area contributed by atoms with E-state index in [2.05, 4.69) is 50.4 Å². The van der Waals surface area contributed by atoms with Crippen LogP contribution in [0.5, 0.6) is 0 Å². The van der Waals surface area contributed by atoms with Gasteiger partial charge in [-0.25, -0.2) is 0 Å². The van der Waals surface area contributed by atoms with Crippen LogP contribution in [0.1, 0.15) is 44.7 Å². The zero-order valence-corrected chi connectivity index (χ0v) is 13.0. The number of ketones is 1. The molecule has 1 heterocycles. The molecule has 2 heteroatoms. The minimum atomic E-state index is -0.225. The third-order valence-electron chi connectivity index (χ3n) is 4.83. The van der Waals surface area contributed by atoms with E-state index in [1.807, 2.05) is 0 Å². The van der Waals surface area contributed by atoms with Gasteiger partial charge in [0.15, 0.2) is 0 Å². The summed E-state index contributed by atoms with van der Waals surface area (Å²) in [5.74, 6) is 0.842. The maximum absolute atomic E-state index is 12.7. The lowest BCUT2D eigenvalue weighted by atomic mass is 9.71. The van der Waals surface area contributed by atoms with Gasteiger partial charge >= 0.3 is 0 Å². The molecule has 1 fully saturated rings. The van der Waals surface area contributed by atoms with Gasteiger partial charge in [0.05, 0.1) is 0 Å². The summed E-state index contributed by atoms with van der Waals surface area (Å²) in [5, 5.41) is 3.42. The highest BCUT2D eigenvalue weighted by Gasteiger charge is 2.36. The van der Waals surface area contributed by atoms with Crippen LogP contribution in [-0.4, -0.2) is 18.9 Å². The summed E-state index contributed by atoms with van der Waals surface area (Å²) in [5.41, 5.74) is 2.25. The number of rotatable bonds is 5. The quantitative estimate of drug-likeness (QED) is 0.891. The Hall–Kier alpha value is -1.15. The highest BCUT2D eigenvalue weighted by atomic mass is 16.1. The largest absolute Gasteiger partial charge is 0.316 e. The predicted molar refractivity (Wildman–Crippen MR) is 83.9 cm³/mol. The number of hydrogen-bond donors (Lipinski definition) is 1. The van der Waals surface area contributed by atoms with E-state index >= 15 is 0 Å². The van der Waals surface area contributed by atoms with Gasteiger partial charge in [-0.05, 0) is 49.4 Å². The van der Waals surface area contributed by atoms with Crippen molar-refractivity contribution < 1.29 is 4.79 Å². The summed E-state index contributed by atoms with van der Waals surface area (Å²) < 4.78 is 0. The molecule has 1 aromatic rings. The fourth-order valence-corrected chi connectivity index (χ4v) is 3.00. The number of benzene rings is 1. The average molecular weight is 273 g/mol. The molecular formula is C18H27NO. The third kappa shape index (κ3) is 3.49. The van der Waals surface area contributed by atoms with Crippen molar-refractivity contribution in [1.82, 2.24) is 5.32 Å². The van der Waals surface area contributed by atoms with Gasteiger partial charge in [0.25, 0.3) is 0 Å². The van der Waals surface area contributed by atoms with E-state index in [0.29, 0.717) is 18.1 Å². The molecule has 20 heavy (non-hydrogen) atoms. The van der Waals surface area contributed by atoms with Crippen LogP contribution in [0, 0.1) is 11.3 Å². The molecule has 1 aromatic carbocycles. The van der Waals surface area contributed by atoms with Crippen molar-refractivity contribution in [2.24, 2.45) is 11.3 Å². The summed E-state index contributed by atoms with van der Waals surface area (Å²) in [6.07, 6.45) is 3.97. The molecule has 1 atom stereocenters. The smallest absolute Gasteiger partial charge is 0.143 e. The average Bonchev–Trinajstić information content (AvgIpc) is 2.49. The lowest BCUT2D eigenvalue weighted by molar-refractivity contribution is -0.129. The van der Waals surface area contributed by atoms with Crippen molar-refractivity contribution in [2.45, 2.75) is 46.5 Å². The highest BCUT2D eigenvalue weighted by Crippen LogP contribution is 2.33. The first-order valence-electron chi connectivity index (χ1n) is 7.86. The number of hydrogen-bond acceptors (Lipinski definition) is 2. The summed E-state index contributed by atoms with van der Waals surface area (Å²) in [7, 11) is 0. The van der Waals surface area contributed by atoms with Crippen molar-refractivity contribution in [3.8, 4) is 0 Å². The molecule has 0 saturated carbocycles. The second-order valence-electron chi connectivity index (χ2n) is 6.53. The van der Waals surface area contributed by atoms with E-state index in [1.54, 1.807) is 0 Å². The maximum atomic E-state index is 12.7. The molecule has 0 bridgehead atoms. The van der Waals surface area contributed by atoms with Gasteiger partial charge in [0, 0.05) is 11.8 Å². The Bertz CT molecular complexity index is 441. The van der Waals surface area contributed by atoms with Crippen molar-refractivity contribution in [3.05, 3.63) is 35.4 Å². The molecule has 0 spiro atoms. The molecule has 1 saturated heterocycles. The molecular weight excluding hydrogens is 246 g/mol. The molecule has 1 aliphatic heterocycles. The van der Waals surface area contributed by atoms with Crippen LogP contribution < -0.4 is 5.32 Å². The molecule has 0 radical (unpaired) electrons. The number of nitrogens with one attached hydrogen (secondary N) is 1. The van der Waals surface area contributed by atoms with Crippen LogP contribution in [0.15, 0.2) is 24.3 Å². The number of Topliss-reactive ketones (excluding diaryl/α,β-unsaturated/α-hetero) is 1. The van der Waals surface area contributed by atoms with Crippen LogP contribution in [0.4, 0.5) is 0 Å². The first-order chi connectivity index (χ1) is 9.54. The van der Waals surface area contributed by atoms with E-state index in [0.717, 1.165) is 25.1 Å². The summed E-state index contributed by atoms with van der Waals surface area (Å²) >= 11 is 0. The van der Waals surface area contributed by atoms with Gasteiger partial charge in [-0.1, -0.05) is 45.0 Å². The Labute approximate surface area is 123 Å². The molecule has 2 nitrogen and oxygen atoms in total. The van der Waals surface area contributed by atoms with Crippen molar-refractivity contribution in [3.63, 3.8) is 0 Å². The van der Waals surface area contributed by atoms with Gasteiger partial charge in [0.2, 0.25) is 0 Å². The van der Waals surface area contributed by atoms with E-state index in [1.165, 1.54) is 18.4 Å². The Morgan fingerprint density at radius 3 is 2.45 bits per heavy atom. The molecule has 0 aromatic heterocycles. The molecule has 0 aliphatic carbocycles. The zero-order chi connectivity index (χ0) is 14.6. The van der Waals surface area contributed by atoms with Gasteiger partial charge in [-0.3, -0.25) is 4.79 Å².